The average Bonchev–Trinajstić information content (AvgIpc) is 2.63. The van der Waals surface area contributed by atoms with Gasteiger partial charge in [-0.05, 0) is 36.5 Å². The molecule has 132 valence electrons. The monoisotopic (exact) mass is 356 g/mol. The molecule has 2 aliphatic rings. The zero-order valence-corrected chi connectivity index (χ0v) is 14.2. The van der Waals surface area contributed by atoms with Gasteiger partial charge in [0, 0.05) is 19.8 Å². The first-order valence-corrected chi connectivity index (χ1v) is 8.62. The van der Waals surface area contributed by atoms with Crippen molar-refractivity contribution in [2.75, 3.05) is 32.9 Å². The summed E-state index contributed by atoms with van der Waals surface area (Å²) in [6.07, 6.45) is 1.31. The molecular weight excluding hydrogens is 335 g/mol. The van der Waals surface area contributed by atoms with Crippen LogP contribution in [0.25, 0.3) is 0 Å². The van der Waals surface area contributed by atoms with Crippen LogP contribution in [0.1, 0.15) is 24.5 Å². The molecule has 2 atom stereocenters. The van der Waals surface area contributed by atoms with Crippen molar-refractivity contribution < 1.29 is 18.7 Å². The van der Waals surface area contributed by atoms with E-state index in [1.165, 1.54) is 6.07 Å². The second-order valence-electron chi connectivity index (χ2n) is 6.29. The highest BCUT2D eigenvalue weighted by atomic mass is 35.5. The van der Waals surface area contributed by atoms with Crippen molar-refractivity contribution in [3.05, 3.63) is 34.6 Å². The van der Waals surface area contributed by atoms with Gasteiger partial charge in [-0.25, -0.2) is 4.39 Å². The van der Waals surface area contributed by atoms with E-state index in [1.54, 1.807) is 17.0 Å². The predicted octanol–water partition coefficient (Wildman–Crippen LogP) is 2.13. The molecule has 0 aromatic heterocycles. The van der Waals surface area contributed by atoms with E-state index in [2.05, 4.69) is 0 Å². The molecule has 1 amide bonds. The SMILES string of the molecule is NC(C(=O)N1CCOC(c2ccc(F)c(Cl)c2)C1)C1CCOCC1. The van der Waals surface area contributed by atoms with Gasteiger partial charge in [0.1, 0.15) is 11.9 Å². The van der Waals surface area contributed by atoms with E-state index < -0.39 is 11.9 Å². The summed E-state index contributed by atoms with van der Waals surface area (Å²) in [5.74, 6) is -0.359. The van der Waals surface area contributed by atoms with Gasteiger partial charge < -0.3 is 20.1 Å². The summed E-state index contributed by atoms with van der Waals surface area (Å²) in [6, 6.07) is 3.99. The Morgan fingerprint density at radius 2 is 2.08 bits per heavy atom. The van der Waals surface area contributed by atoms with Crippen molar-refractivity contribution >= 4 is 17.5 Å². The van der Waals surface area contributed by atoms with Crippen LogP contribution in [-0.4, -0.2) is 49.8 Å². The summed E-state index contributed by atoms with van der Waals surface area (Å²) in [4.78, 5) is 14.5. The number of carbonyl (C=O) groups excluding carboxylic acids is 1. The first kappa shape index (κ1) is 17.6. The molecule has 2 aliphatic heterocycles. The van der Waals surface area contributed by atoms with Crippen LogP contribution in [0.15, 0.2) is 18.2 Å². The van der Waals surface area contributed by atoms with Crippen molar-refractivity contribution in [1.82, 2.24) is 4.90 Å². The van der Waals surface area contributed by atoms with E-state index in [4.69, 9.17) is 26.8 Å². The minimum absolute atomic E-state index is 0.0524. The van der Waals surface area contributed by atoms with Gasteiger partial charge in [-0.15, -0.1) is 0 Å². The molecule has 24 heavy (non-hydrogen) atoms. The van der Waals surface area contributed by atoms with Crippen molar-refractivity contribution in [2.45, 2.75) is 25.0 Å². The van der Waals surface area contributed by atoms with Gasteiger partial charge in [-0.1, -0.05) is 17.7 Å². The van der Waals surface area contributed by atoms with Gasteiger partial charge in [0.15, 0.2) is 0 Å². The lowest BCUT2D eigenvalue weighted by atomic mass is 9.91. The van der Waals surface area contributed by atoms with Gasteiger partial charge >= 0.3 is 0 Å². The van der Waals surface area contributed by atoms with Gasteiger partial charge in [0.2, 0.25) is 5.91 Å². The number of hydrogen-bond acceptors (Lipinski definition) is 4. The Bertz CT molecular complexity index is 595. The zero-order valence-electron chi connectivity index (χ0n) is 13.4. The summed E-state index contributed by atoms with van der Waals surface area (Å²) in [5.41, 5.74) is 6.96. The fourth-order valence-corrected chi connectivity index (χ4v) is 3.44. The number of ether oxygens (including phenoxy) is 2. The molecule has 2 saturated heterocycles. The third-order valence-corrected chi connectivity index (χ3v) is 5.04. The summed E-state index contributed by atoms with van der Waals surface area (Å²) < 4.78 is 24.4. The topological polar surface area (TPSA) is 64.8 Å². The Morgan fingerprint density at radius 3 is 2.79 bits per heavy atom. The van der Waals surface area contributed by atoms with Gasteiger partial charge in [-0.2, -0.15) is 0 Å². The van der Waals surface area contributed by atoms with E-state index >= 15 is 0 Å². The minimum Gasteiger partial charge on any atom is -0.381 e. The molecule has 2 N–H and O–H groups in total. The second kappa shape index (κ2) is 7.78. The first-order chi connectivity index (χ1) is 11.6. The molecule has 7 heteroatoms. The summed E-state index contributed by atoms with van der Waals surface area (Å²) in [5, 5.41) is 0.0541. The normalized spacial score (nSPS) is 24.0. The van der Waals surface area contributed by atoms with Crippen LogP contribution in [0.5, 0.6) is 0 Å². The molecule has 3 rings (SSSR count). The number of hydrogen-bond donors (Lipinski definition) is 1. The van der Waals surface area contributed by atoms with Crippen LogP contribution in [0.4, 0.5) is 4.39 Å². The van der Waals surface area contributed by atoms with Crippen molar-refractivity contribution in [3.63, 3.8) is 0 Å². The number of nitrogens with zero attached hydrogens (tertiary/aromatic N) is 1. The largest absolute Gasteiger partial charge is 0.381 e. The van der Waals surface area contributed by atoms with E-state index in [9.17, 15) is 9.18 Å². The third-order valence-electron chi connectivity index (χ3n) is 4.75. The Morgan fingerprint density at radius 1 is 1.33 bits per heavy atom. The molecule has 2 fully saturated rings. The molecule has 2 heterocycles. The lowest BCUT2D eigenvalue weighted by molar-refractivity contribution is -0.142. The first-order valence-electron chi connectivity index (χ1n) is 8.25. The Kier molecular flexibility index (Phi) is 5.71. The Labute approximate surface area is 145 Å². The Balaban J connectivity index is 1.65. The second-order valence-corrected chi connectivity index (χ2v) is 6.70. The number of rotatable bonds is 3. The van der Waals surface area contributed by atoms with Crippen LogP contribution in [0.3, 0.4) is 0 Å². The maximum atomic E-state index is 13.3. The van der Waals surface area contributed by atoms with E-state index in [0.717, 1.165) is 18.4 Å². The van der Waals surface area contributed by atoms with Crippen LogP contribution in [0, 0.1) is 11.7 Å². The molecule has 0 aliphatic carbocycles. The molecule has 0 radical (unpaired) electrons. The van der Waals surface area contributed by atoms with E-state index in [1.807, 2.05) is 0 Å². The van der Waals surface area contributed by atoms with E-state index in [-0.39, 0.29) is 23.0 Å². The van der Waals surface area contributed by atoms with Gasteiger partial charge in [0.25, 0.3) is 0 Å². The number of carbonyl (C=O) groups is 1. The highest BCUT2D eigenvalue weighted by Crippen LogP contribution is 2.27. The smallest absolute Gasteiger partial charge is 0.239 e. The van der Waals surface area contributed by atoms with Gasteiger partial charge in [0.05, 0.1) is 24.2 Å². The van der Waals surface area contributed by atoms with Gasteiger partial charge in [-0.3, -0.25) is 4.79 Å². The lowest BCUT2D eigenvalue weighted by Gasteiger charge is -2.36. The molecule has 5 nitrogen and oxygen atoms in total. The highest BCUT2D eigenvalue weighted by molar-refractivity contribution is 6.30. The zero-order chi connectivity index (χ0) is 17.1. The summed E-state index contributed by atoms with van der Waals surface area (Å²) >= 11 is 5.84. The fraction of sp³-hybridized carbons (Fsp3) is 0.588. The third kappa shape index (κ3) is 3.88. The lowest BCUT2D eigenvalue weighted by Crippen LogP contribution is -2.52. The predicted molar refractivity (Wildman–Crippen MR) is 88.2 cm³/mol. The van der Waals surface area contributed by atoms with Crippen LogP contribution in [-0.2, 0) is 14.3 Å². The maximum Gasteiger partial charge on any atom is 0.239 e. The van der Waals surface area contributed by atoms with Crippen LogP contribution in [0.2, 0.25) is 5.02 Å². The van der Waals surface area contributed by atoms with E-state index in [0.29, 0.717) is 32.9 Å². The molecule has 0 bridgehead atoms. The molecule has 2 unspecified atom stereocenters. The molecule has 1 aromatic carbocycles. The summed E-state index contributed by atoms with van der Waals surface area (Å²) in [6.45, 7) is 2.65. The number of amides is 1. The number of nitrogens with two attached hydrogens (primary N) is 1. The number of morpholine rings is 1. The average molecular weight is 357 g/mol. The molecule has 0 saturated carbocycles. The van der Waals surface area contributed by atoms with Crippen LogP contribution >= 0.6 is 11.6 Å². The van der Waals surface area contributed by atoms with Crippen LogP contribution < -0.4 is 5.73 Å². The molecular formula is C17H22ClFN2O3. The number of benzene rings is 1. The fourth-order valence-electron chi connectivity index (χ4n) is 3.25. The Hall–Kier alpha value is -1.21. The maximum absolute atomic E-state index is 13.3. The quantitative estimate of drug-likeness (QED) is 0.901. The summed E-state index contributed by atoms with van der Waals surface area (Å²) in [7, 11) is 0. The van der Waals surface area contributed by atoms with Crippen molar-refractivity contribution in [2.24, 2.45) is 11.7 Å². The standard InChI is InChI=1S/C17H22ClFN2O3/c18-13-9-12(1-2-14(13)19)15-10-21(5-8-24-15)17(22)16(20)11-3-6-23-7-4-11/h1-2,9,11,15-16H,3-8,10,20H2. The molecule has 1 aromatic rings. The van der Waals surface area contributed by atoms with Crippen molar-refractivity contribution in [3.8, 4) is 0 Å². The molecule has 0 spiro atoms. The minimum atomic E-state index is -0.510. The number of halogens is 2. The van der Waals surface area contributed by atoms with Crippen molar-refractivity contribution in [1.29, 1.82) is 0 Å². The highest BCUT2D eigenvalue weighted by Gasteiger charge is 2.33.